The molecule has 1 aliphatic rings. The van der Waals surface area contributed by atoms with Crippen molar-refractivity contribution in [2.75, 3.05) is 23.3 Å². The molecule has 6 heteroatoms. The summed E-state index contributed by atoms with van der Waals surface area (Å²) in [5.41, 5.74) is 5.22. The highest BCUT2D eigenvalue weighted by Crippen LogP contribution is 2.33. The van der Waals surface area contributed by atoms with Crippen LogP contribution in [0, 0.1) is 0 Å². The number of carbonyl (C=O) groups excluding carboxylic acids is 1. The maximum absolute atomic E-state index is 13.1. The zero-order valence-electron chi connectivity index (χ0n) is 19.7. The van der Waals surface area contributed by atoms with Crippen molar-refractivity contribution in [2.45, 2.75) is 25.8 Å². The number of fused-ring (bicyclic) bond motifs is 1. The van der Waals surface area contributed by atoms with Crippen molar-refractivity contribution < 1.29 is 4.79 Å². The second-order valence-corrected chi connectivity index (χ2v) is 8.65. The van der Waals surface area contributed by atoms with E-state index in [0.717, 1.165) is 37.1 Å². The van der Waals surface area contributed by atoms with Gasteiger partial charge in [-0.05, 0) is 42.0 Å². The van der Waals surface area contributed by atoms with E-state index in [1.807, 2.05) is 42.5 Å². The predicted molar refractivity (Wildman–Crippen MR) is 140 cm³/mol. The molecular formula is C29H29N5O. The van der Waals surface area contributed by atoms with Gasteiger partial charge in [-0.2, -0.15) is 4.98 Å². The molecule has 176 valence electrons. The number of aryl methyl sites for hydroxylation is 1. The Morgan fingerprint density at radius 1 is 0.886 bits per heavy atom. The summed E-state index contributed by atoms with van der Waals surface area (Å²) < 4.78 is 0. The number of hydrogen-bond donors (Lipinski definition) is 2. The number of para-hydroxylation sites is 1. The zero-order valence-corrected chi connectivity index (χ0v) is 19.7. The second-order valence-electron chi connectivity index (χ2n) is 8.65. The lowest BCUT2D eigenvalue weighted by atomic mass is 10.1. The van der Waals surface area contributed by atoms with Crippen molar-refractivity contribution in [1.82, 2.24) is 15.3 Å². The van der Waals surface area contributed by atoms with Gasteiger partial charge in [0.25, 0.3) is 5.91 Å². The van der Waals surface area contributed by atoms with Gasteiger partial charge in [0.2, 0.25) is 5.95 Å². The Hall–Kier alpha value is -4.19. The number of rotatable bonds is 9. The summed E-state index contributed by atoms with van der Waals surface area (Å²) in [5, 5.41) is 6.42. The van der Waals surface area contributed by atoms with Gasteiger partial charge in [-0.15, -0.1) is 0 Å². The normalized spacial score (nSPS) is 12.3. The fourth-order valence-electron chi connectivity index (χ4n) is 4.37. The number of aromatic nitrogens is 2. The minimum atomic E-state index is -0.187. The minimum Gasteiger partial charge on any atom is -0.369 e. The number of hydrogen-bond acceptors (Lipinski definition) is 5. The van der Waals surface area contributed by atoms with Crippen LogP contribution in [0.3, 0.4) is 0 Å². The van der Waals surface area contributed by atoms with Gasteiger partial charge in [0.1, 0.15) is 11.4 Å². The van der Waals surface area contributed by atoms with E-state index in [4.69, 9.17) is 4.98 Å². The molecule has 0 unspecified atom stereocenters. The number of anilines is 3. The fourth-order valence-corrected chi connectivity index (χ4v) is 4.37. The lowest BCUT2D eigenvalue weighted by molar-refractivity contribution is 0.0951. The first-order valence-electron chi connectivity index (χ1n) is 12.1. The van der Waals surface area contributed by atoms with Crippen LogP contribution in [0.4, 0.5) is 17.5 Å². The Balaban J connectivity index is 1.33. The SMILES string of the molecule is O=C(NCc1ccccc1)c1cnc(N2CCc3ccccc32)nc1NCCCc1ccccc1. The van der Waals surface area contributed by atoms with Gasteiger partial charge in [-0.25, -0.2) is 4.98 Å². The smallest absolute Gasteiger partial charge is 0.256 e. The highest BCUT2D eigenvalue weighted by molar-refractivity contribution is 5.98. The van der Waals surface area contributed by atoms with E-state index in [1.54, 1.807) is 6.20 Å². The third-order valence-electron chi connectivity index (χ3n) is 6.22. The zero-order chi connectivity index (χ0) is 23.9. The Labute approximate surface area is 206 Å². The van der Waals surface area contributed by atoms with Crippen LogP contribution in [-0.2, 0) is 19.4 Å². The maximum Gasteiger partial charge on any atom is 0.256 e. The fraction of sp³-hybridized carbons (Fsp3) is 0.207. The molecule has 0 fully saturated rings. The van der Waals surface area contributed by atoms with Crippen LogP contribution in [0.1, 0.15) is 33.5 Å². The van der Waals surface area contributed by atoms with Gasteiger partial charge in [-0.1, -0.05) is 78.9 Å². The van der Waals surface area contributed by atoms with Crippen LogP contribution in [0.5, 0.6) is 0 Å². The Bertz CT molecular complexity index is 1280. The summed E-state index contributed by atoms with van der Waals surface area (Å²) >= 11 is 0. The number of nitrogens with one attached hydrogen (secondary N) is 2. The molecule has 0 saturated carbocycles. The minimum absolute atomic E-state index is 0.187. The molecule has 5 rings (SSSR count). The molecule has 6 nitrogen and oxygen atoms in total. The van der Waals surface area contributed by atoms with Crippen molar-refractivity contribution in [1.29, 1.82) is 0 Å². The van der Waals surface area contributed by atoms with Crippen LogP contribution in [0.15, 0.2) is 91.1 Å². The van der Waals surface area contributed by atoms with Gasteiger partial charge < -0.3 is 15.5 Å². The van der Waals surface area contributed by atoms with Crippen molar-refractivity contribution in [3.05, 3.63) is 113 Å². The lowest BCUT2D eigenvalue weighted by Gasteiger charge is -2.19. The van der Waals surface area contributed by atoms with Crippen LogP contribution >= 0.6 is 0 Å². The summed E-state index contributed by atoms with van der Waals surface area (Å²) in [5.74, 6) is 0.992. The second kappa shape index (κ2) is 10.8. The number of benzene rings is 3. The van der Waals surface area contributed by atoms with Gasteiger partial charge in [0.15, 0.2) is 0 Å². The van der Waals surface area contributed by atoms with Crippen molar-refractivity contribution in [3.8, 4) is 0 Å². The first-order chi connectivity index (χ1) is 17.3. The number of carbonyl (C=O) groups is 1. The quantitative estimate of drug-likeness (QED) is 0.336. The molecule has 3 aromatic carbocycles. The molecule has 0 aliphatic carbocycles. The average Bonchev–Trinajstić information content (AvgIpc) is 3.35. The molecule has 0 atom stereocenters. The Morgan fingerprint density at radius 2 is 1.60 bits per heavy atom. The standard InChI is InChI=1S/C29H29N5O/c35-28(31-20-23-12-5-2-6-13-23)25-21-32-29(34-19-17-24-15-7-8-16-26(24)34)33-27(25)30-18-9-14-22-10-3-1-4-11-22/h1-8,10-13,15-16,21H,9,14,17-20H2,(H,31,35)(H,30,32,33). The van der Waals surface area contributed by atoms with E-state index in [0.29, 0.717) is 30.4 Å². The molecule has 1 aliphatic heterocycles. The van der Waals surface area contributed by atoms with Gasteiger partial charge in [0, 0.05) is 31.5 Å². The topological polar surface area (TPSA) is 70.2 Å². The first-order valence-corrected chi connectivity index (χ1v) is 12.1. The largest absolute Gasteiger partial charge is 0.369 e. The third kappa shape index (κ3) is 5.49. The molecule has 4 aromatic rings. The van der Waals surface area contributed by atoms with Crippen LogP contribution in [-0.4, -0.2) is 29.0 Å². The van der Waals surface area contributed by atoms with Crippen LogP contribution in [0.25, 0.3) is 0 Å². The van der Waals surface area contributed by atoms with E-state index in [9.17, 15) is 4.79 Å². The summed E-state index contributed by atoms with van der Waals surface area (Å²) in [6.45, 7) is 1.99. The third-order valence-corrected chi connectivity index (χ3v) is 6.22. The molecule has 35 heavy (non-hydrogen) atoms. The molecular weight excluding hydrogens is 434 g/mol. The highest BCUT2D eigenvalue weighted by Gasteiger charge is 2.24. The summed E-state index contributed by atoms with van der Waals surface area (Å²) in [6, 6.07) is 28.6. The number of nitrogens with zero attached hydrogens (tertiary/aromatic N) is 3. The van der Waals surface area contributed by atoms with Gasteiger partial charge in [-0.3, -0.25) is 4.79 Å². The van der Waals surface area contributed by atoms with Crippen molar-refractivity contribution in [3.63, 3.8) is 0 Å². The maximum atomic E-state index is 13.1. The molecule has 0 bridgehead atoms. The molecule has 2 heterocycles. The molecule has 2 N–H and O–H groups in total. The summed E-state index contributed by atoms with van der Waals surface area (Å²) in [6.07, 6.45) is 4.49. The predicted octanol–water partition coefficient (Wildman–Crippen LogP) is 5.15. The van der Waals surface area contributed by atoms with Crippen molar-refractivity contribution >= 4 is 23.4 Å². The first kappa shape index (κ1) is 22.6. The lowest BCUT2D eigenvalue weighted by Crippen LogP contribution is -2.26. The van der Waals surface area contributed by atoms with E-state index in [1.165, 1.54) is 11.1 Å². The van der Waals surface area contributed by atoms with Crippen molar-refractivity contribution in [2.24, 2.45) is 0 Å². The summed E-state index contributed by atoms with van der Waals surface area (Å²) in [7, 11) is 0. The van der Waals surface area contributed by atoms with E-state index >= 15 is 0 Å². The van der Waals surface area contributed by atoms with Gasteiger partial charge >= 0.3 is 0 Å². The van der Waals surface area contributed by atoms with Crippen LogP contribution in [0.2, 0.25) is 0 Å². The Kier molecular flexibility index (Phi) is 6.99. The van der Waals surface area contributed by atoms with E-state index < -0.39 is 0 Å². The number of amides is 1. The molecule has 1 amide bonds. The molecule has 1 aromatic heterocycles. The molecule has 0 spiro atoms. The Morgan fingerprint density at radius 3 is 2.40 bits per heavy atom. The molecule has 0 radical (unpaired) electrons. The van der Waals surface area contributed by atoms with E-state index in [-0.39, 0.29) is 5.91 Å². The monoisotopic (exact) mass is 463 g/mol. The molecule has 0 saturated heterocycles. The van der Waals surface area contributed by atoms with Gasteiger partial charge in [0.05, 0.1) is 0 Å². The summed E-state index contributed by atoms with van der Waals surface area (Å²) in [4.78, 5) is 24.6. The average molecular weight is 464 g/mol. The van der Waals surface area contributed by atoms with Crippen LogP contribution < -0.4 is 15.5 Å². The highest BCUT2D eigenvalue weighted by atomic mass is 16.1. The van der Waals surface area contributed by atoms with E-state index in [2.05, 4.69) is 63.0 Å².